The Kier molecular flexibility index (Phi) is 2.87. The van der Waals surface area contributed by atoms with Crippen LogP contribution in [0.4, 0.5) is 0 Å². The van der Waals surface area contributed by atoms with Crippen LogP contribution >= 0.6 is 11.8 Å². The Morgan fingerprint density at radius 2 is 2.05 bits per heavy atom. The van der Waals surface area contributed by atoms with Crippen LogP contribution in [0, 0.1) is 6.92 Å². The van der Waals surface area contributed by atoms with E-state index in [4.69, 9.17) is 4.42 Å². The highest BCUT2D eigenvalue weighted by atomic mass is 32.2. The van der Waals surface area contributed by atoms with Gasteiger partial charge in [-0.25, -0.2) is 4.98 Å². The van der Waals surface area contributed by atoms with Gasteiger partial charge >= 0.3 is 0 Å². The van der Waals surface area contributed by atoms with Crippen LogP contribution in [-0.2, 0) is 0 Å². The highest BCUT2D eigenvalue weighted by Crippen LogP contribution is 2.29. The van der Waals surface area contributed by atoms with Gasteiger partial charge in [0.25, 0.3) is 5.71 Å². The van der Waals surface area contributed by atoms with E-state index in [0.29, 0.717) is 16.8 Å². The van der Waals surface area contributed by atoms with Crippen LogP contribution < -0.4 is 0 Å². The van der Waals surface area contributed by atoms with Crippen LogP contribution in [0.1, 0.15) is 5.56 Å². The molecule has 2 heterocycles. The van der Waals surface area contributed by atoms with Gasteiger partial charge in [0.2, 0.25) is 11.8 Å². The van der Waals surface area contributed by atoms with Crippen molar-refractivity contribution in [1.82, 2.24) is 15.0 Å². The summed E-state index contributed by atoms with van der Waals surface area (Å²) in [5, 5.41) is 10.3. The lowest BCUT2D eigenvalue weighted by molar-refractivity contribution is 0.451. The van der Waals surface area contributed by atoms with Gasteiger partial charge < -0.3 is 9.52 Å². The van der Waals surface area contributed by atoms with E-state index in [1.165, 1.54) is 11.8 Å². The third-order valence-corrected chi connectivity index (χ3v) is 3.22. The van der Waals surface area contributed by atoms with Crippen LogP contribution in [0.2, 0.25) is 0 Å². The Balaban J connectivity index is 2.19. The molecule has 3 aromatic rings. The number of aryl methyl sites for hydroxylation is 1. The van der Waals surface area contributed by atoms with Gasteiger partial charge in [0.1, 0.15) is 0 Å². The normalized spacial score (nSPS) is 11.1. The van der Waals surface area contributed by atoms with Gasteiger partial charge in [-0.2, -0.15) is 9.97 Å². The summed E-state index contributed by atoms with van der Waals surface area (Å²) in [6.45, 7) is 2.00. The lowest BCUT2D eigenvalue weighted by atomic mass is 10.1. The largest absolute Gasteiger partial charge is 0.492 e. The van der Waals surface area contributed by atoms with Crippen molar-refractivity contribution in [3.05, 3.63) is 29.8 Å². The molecule has 5 nitrogen and oxygen atoms in total. The molecule has 0 aliphatic carbocycles. The number of fused-ring (bicyclic) bond motifs is 1. The molecule has 0 fully saturated rings. The third kappa shape index (κ3) is 2.15. The van der Waals surface area contributed by atoms with Crippen molar-refractivity contribution in [3.63, 3.8) is 0 Å². The summed E-state index contributed by atoms with van der Waals surface area (Å²) < 4.78 is 5.60. The van der Waals surface area contributed by atoms with E-state index in [1.54, 1.807) is 0 Å². The van der Waals surface area contributed by atoms with E-state index in [9.17, 15) is 5.11 Å². The summed E-state index contributed by atoms with van der Waals surface area (Å²) in [5.74, 6) is 0.276. The number of nitrogens with zero attached hydrogens (tertiary/aromatic N) is 3. The molecule has 0 amide bonds. The van der Waals surface area contributed by atoms with E-state index in [2.05, 4.69) is 15.0 Å². The maximum atomic E-state index is 9.81. The predicted molar refractivity (Wildman–Crippen MR) is 73.2 cm³/mol. The average Bonchev–Trinajstić information content (AvgIpc) is 2.83. The molecule has 1 aromatic carbocycles. The molecule has 0 aliphatic rings. The Morgan fingerprint density at radius 3 is 2.79 bits per heavy atom. The summed E-state index contributed by atoms with van der Waals surface area (Å²) in [7, 11) is 0. The minimum Gasteiger partial charge on any atom is -0.492 e. The van der Waals surface area contributed by atoms with E-state index in [-0.39, 0.29) is 11.4 Å². The number of benzene rings is 1. The number of rotatable bonds is 2. The number of aromatic nitrogens is 3. The quantitative estimate of drug-likeness (QED) is 0.571. The molecule has 3 rings (SSSR count). The molecule has 0 saturated heterocycles. The van der Waals surface area contributed by atoms with Gasteiger partial charge in [-0.1, -0.05) is 29.5 Å². The van der Waals surface area contributed by atoms with Crippen LogP contribution in [0.3, 0.4) is 0 Å². The van der Waals surface area contributed by atoms with Gasteiger partial charge in [-0.3, -0.25) is 0 Å². The van der Waals surface area contributed by atoms with Crippen LogP contribution in [-0.4, -0.2) is 26.3 Å². The summed E-state index contributed by atoms with van der Waals surface area (Å²) in [6, 6.07) is 7.79. The monoisotopic (exact) mass is 273 g/mol. The van der Waals surface area contributed by atoms with Crippen molar-refractivity contribution in [2.75, 3.05) is 6.26 Å². The maximum Gasteiger partial charge on any atom is 0.255 e. The second-order valence-electron chi connectivity index (χ2n) is 4.08. The molecule has 19 heavy (non-hydrogen) atoms. The minimum atomic E-state index is -0.156. The SMILES string of the molecule is CSc1nc(O)c2nc(-c3cccc(C)c3)oc2n1. The Hall–Kier alpha value is -2.08. The first-order valence-corrected chi connectivity index (χ1v) is 6.88. The fourth-order valence-corrected chi connectivity index (χ4v) is 2.13. The standard InChI is InChI=1S/C13H11N3O2S/c1-7-4-3-5-8(6-7)11-14-9-10(17)15-13(19-2)16-12(9)18-11/h3-6H,1-2H3,(H,15,16,17). The van der Waals surface area contributed by atoms with Gasteiger partial charge in [0.05, 0.1) is 0 Å². The summed E-state index contributed by atoms with van der Waals surface area (Å²) in [4.78, 5) is 12.4. The molecule has 0 bridgehead atoms. The minimum absolute atomic E-state index is 0.156. The lowest BCUT2D eigenvalue weighted by Crippen LogP contribution is -1.86. The molecule has 0 spiro atoms. The molecule has 1 N–H and O–H groups in total. The first-order valence-electron chi connectivity index (χ1n) is 5.66. The first-order chi connectivity index (χ1) is 9.17. The average molecular weight is 273 g/mol. The zero-order valence-corrected chi connectivity index (χ0v) is 11.2. The van der Waals surface area contributed by atoms with Crippen LogP contribution in [0.15, 0.2) is 33.8 Å². The predicted octanol–water partition coefficient (Wildman–Crippen LogP) is 3.02. The van der Waals surface area contributed by atoms with Gasteiger partial charge in [-0.05, 0) is 25.3 Å². The first kappa shape index (κ1) is 12.0. The van der Waals surface area contributed by atoms with Gasteiger partial charge in [-0.15, -0.1) is 0 Å². The molecular weight excluding hydrogens is 262 g/mol. The molecule has 0 atom stereocenters. The third-order valence-electron chi connectivity index (χ3n) is 2.67. The number of thioether (sulfide) groups is 1. The zero-order chi connectivity index (χ0) is 13.4. The van der Waals surface area contributed by atoms with Crippen molar-refractivity contribution in [2.24, 2.45) is 0 Å². The summed E-state index contributed by atoms with van der Waals surface area (Å²) in [5.41, 5.74) is 2.55. The highest BCUT2D eigenvalue weighted by molar-refractivity contribution is 7.98. The van der Waals surface area contributed by atoms with E-state index >= 15 is 0 Å². The summed E-state index contributed by atoms with van der Waals surface area (Å²) >= 11 is 1.34. The Morgan fingerprint density at radius 1 is 1.21 bits per heavy atom. The molecule has 0 saturated carbocycles. The number of aromatic hydroxyl groups is 1. The number of hydrogen-bond acceptors (Lipinski definition) is 6. The van der Waals surface area contributed by atoms with Gasteiger partial charge in [0.15, 0.2) is 10.7 Å². The van der Waals surface area contributed by atoms with E-state index < -0.39 is 0 Å². The highest BCUT2D eigenvalue weighted by Gasteiger charge is 2.15. The fourth-order valence-electron chi connectivity index (χ4n) is 1.78. The smallest absolute Gasteiger partial charge is 0.255 e. The van der Waals surface area contributed by atoms with Crippen molar-refractivity contribution < 1.29 is 9.52 Å². The second kappa shape index (κ2) is 4.55. The molecule has 0 unspecified atom stereocenters. The van der Waals surface area contributed by atoms with Gasteiger partial charge in [0, 0.05) is 5.56 Å². The molecule has 2 aromatic heterocycles. The molecule has 0 radical (unpaired) electrons. The topological polar surface area (TPSA) is 72.0 Å². The lowest BCUT2D eigenvalue weighted by Gasteiger charge is -1.95. The fraction of sp³-hybridized carbons (Fsp3) is 0.154. The number of hydrogen-bond donors (Lipinski definition) is 1. The van der Waals surface area contributed by atoms with Crippen molar-refractivity contribution in [2.45, 2.75) is 12.1 Å². The molecule has 0 aliphatic heterocycles. The maximum absolute atomic E-state index is 9.81. The second-order valence-corrected chi connectivity index (χ2v) is 4.85. The van der Waals surface area contributed by atoms with Crippen LogP contribution in [0.5, 0.6) is 5.88 Å². The van der Waals surface area contributed by atoms with Crippen molar-refractivity contribution >= 4 is 23.0 Å². The van der Waals surface area contributed by atoms with E-state index in [1.807, 2.05) is 37.4 Å². The van der Waals surface area contributed by atoms with Crippen LogP contribution in [0.25, 0.3) is 22.7 Å². The Bertz CT molecular complexity index is 755. The molecule has 96 valence electrons. The van der Waals surface area contributed by atoms with Crippen molar-refractivity contribution in [3.8, 4) is 17.3 Å². The van der Waals surface area contributed by atoms with E-state index in [0.717, 1.165) is 11.1 Å². The Labute approximate surface area is 113 Å². The number of oxazole rings is 1. The summed E-state index contributed by atoms with van der Waals surface area (Å²) in [6.07, 6.45) is 1.83. The molecule has 6 heteroatoms. The van der Waals surface area contributed by atoms with Crippen molar-refractivity contribution in [1.29, 1.82) is 0 Å². The zero-order valence-electron chi connectivity index (χ0n) is 10.4. The molecular formula is C13H11N3O2S.